The first-order valence-electron chi connectivity index (χ1n) is 3.46. The predicted octanol–water partition coefficient (Wildman–Crippen LogP) is 1.26. The molecular formula is C8H11NO2. The van der Waals surface area contributed by atoms with Crippen molar-refractivity contribution in [2.24, 2.45) is 0 Å². The third kappa shape index (κ3) is 1.61. The first-order valence-corrected chi connectivity index (χ1v) is 3.46. The number of nitrogens with one attached hydrogen (secondary N) is 1. The van der Waals surface area contributed by atoms with E-state index in [1.54, 1.807) is 6.20 Å². The van der Waals surface area contributed by atoms with Crippen LogP contribution in [0.25, 0.3) is 0 Å². The number of hydrogen-bond acceptors (Lipinski definition) is 1. The molecule has 0 bridgehead atoms. The van der Waals surface area contributed by atoms with Crippen LogP contribution < -0.4 is 0 Å². The van der Waals surface area contributed by atoms with E-state index in [2.05, 4.69) is 4.98 Å². The van der Waals surface area contributed by atoms with Gasteiger partial charge in [-0.25, -0.2) is 0 Å². The van der Waals surface area contributed by atoms with Gasteiger partial charge < -0.3 is 10.1 Å². The van der Waals surface area contributed by atoms with Gasteiger partial charge in [-0.05, 0) is 25.0 Å². The van der Waals surface area contributed by atoms with Crippen LogP contribution in [0.5, 0.6) is 0 Å². The predicted molar refractivity (Wildman–Crippen MR) is 41.6 cm³/mol. The number of aromatic amines is 1. The minimum Gasteiger partial charge on any atom is -0.481 e. The Balaban J connectivity index is 2.87. The zero-order valence-electron chi connectivity index (χ0n) is 6.64. The molecule has 2 N–H and O–H groups in total. The van der Waals surface area contributed by atoms with Crippen molar-refractivity contribution in [1.82, 2.24) is 4.98 Å². The molecule has 0 amide bonds. The fourth-order valence-electron chi connectivity index (χ4n) is 0.999. The number of carboxylic acid groups (broad SMARTS) is 1. The van der Waals surface area contributed by atoms with Gasteiger partial charge in [0.15, 0.2) is 0 Å². The monoisotopic (exact) mass is 153 g/mol. The number of aromatic nitrogens is 1. The van der Waals surface area contributed by atoms with Crippen LogP contribution in [-0.4, -0.2) is 16.1 Å². The van der Waals surface area contributed by atoms with Crippen molar-refractivity contribution in [2.75, 3.05) is 0 Å². The van der Waals surface area contributed by atoms with Crippen LogP contribution in [0.2, 0.25) is 0 Å². The number of H-pyrrole nitrogens is 1. The lowest BCUT2D eigenvalue weighted by Crippen LogP contribution is -1.99. The molecule has 0 fully saturated rings. The van der Waals surface area contributed by atoms with Crippen molar-refractivity contribution in [3.63, 3.8) is 0 Å². The van der Waals surface area contributed by atoms with Gasteiger partial charge in [-0.3, -0.25) is 4.79 Å². The Kier molecular flexibility index (Phi) is 1.98. The van der Waals surface area contributed by atoms with Crippen molar-refractivity contribution < 1.29 is 9.90 Å². The van der Waals surface area contributed by atoms with Gasteiger partial charge >= 0.3 is 5.97 Å². The van der Waals surface area contributed by atoms with Crippen LogP contribution in [-0.2, 0) is 11.2 Å². The first-order chi connectivity index (χ1) is 5.11. The Morgan fingerprint density at radius 2 is 2.27 bits per heavy atom. The Hall–Kier alpha value is -1.25. The molecule has 0 radical (unpaired) electrons. The van der Waals surface area contributed by atoms with Crippen molar-refractivity contribution in [2.45, 2.75) is 20.3 Å². The van der Waals surface area contributed by atoms with Crippen LogP contribution in [0.1, 0.15) is 16.8 Å². The summed E-state index contributed by atoms with van der Waals surface area (Å²) >= 11 is 0. The maximum Gasteiger partial charge on any atom is 0.307 e. The van der Waals surface area contributed by atoms with E-state index in [0.717, 1.165) is 16.8 Å². The molecule has 0 aliphatic rings. The van der Waals surface area contributed by atoms with Crippen LogP contribution in [0, 0.1) is 13.8 Å². The molecule has 1 heterocycles. The fourth-order valence-corrected chi connectivity index (χ4v) is 0.999. The van der Waals surface area contributed by atoms with E-state index in [9.17, 15) is 4.79 Å². The average Bonchev–Trinajstić information content (AvgIpc) is 2.18. The molecule has 0 atom stereocenters. The number of hydrogen-bond donors (Lipinski definition) is 2. The van der Waals surface area contributed by atoms with E-state index in [0.29, 0.717) is 0 Å². The van der Waals surface area contributed by atoms with Gasteiger partial charge in [0.1, 0.15) is 0 Å². The van der Waals surface area contributed by atoms with E-state index in [4.69, 9.17) is 5.11 Å². The van der Waals surface area contributed by atoms with Crippen molar-refractivity contribution in [3.05, 3.63) is 23.0 Å². The highest BCUT2D eigenvalue weighted by atomic mass is 16.4. The number of carboxylic acids is 1. The SMILES string of the molecule is Cc1[nH]cc(CC(=O)O)c1C. The molecule has 0 saturated carbocycles. The Morgan fingerprint density at radius 3 is 2.64 bits per heavy atom. The summed E-state index contributed by atoms with van der Waals surface area (Å²) < 4.78 is 0. The minimum atomic E-state index is -0.785. The molecule has 0 aliphatic heterocycles. The van der Waals surface area contributed by atoms with Gasteiger partial charge in [-0.2, -0.15) is 0 Å². The fraction of sp³-hybridized carbons (Fsp3) is 0.375. The molecule has 1 aromatic heterocycles. The van der Waals surface area contributed by atoms with E-state index >= 15 is 0 Å². The molecule has 0 saturated heterocycles. The molecule has 0 unspecified atom stereocenters. The molecule has 3 heteroatoms. The minimum absolute atomic E-state index is 0.107. The van der Waals surface area contributed by atoms with Crippen LogP contribution in [0.4, 0.5) is 0 Å². The Bertz CT molecular complexity index is 276. The van der Waals surface area contributed by atoms with Crippen molar-refractivity contribution in [3.8, 4) is 0 Å². The van der Waals surface area contributed by atoms with E-state index < -0.39 is 5.97 Å². The zero-order valence-corrected chi connectivity index (χ0v) is 6.64. The number of carbonyl (C=O) groups is 1. The second-order valence-corrected chi connectivity index (χ2v) is 2.63. The normalized spacial score (nSPS) is 10.0. The van der Waals surface area contributed by atoms with Crippen LogP contribution in [0.3, 0.4) is 0 Å². The molecule has 1 aromatic rings. The third-order valence-corrected chi connectivity index (χ3v) is 1.85. The summed E-state index contributed by atoms with van der Waals surface area (Å²) in [4.78, 5) is 13.3. The summed E-state index contributed by atoms with van der Waals surface area (Å²) in [7, 11) is 0. The third-order valence-electron chi connectivity index (χ3n) is 1.85. The lowest BCUT2D eigenvalue weighted by atomic mass is 10.1. The highest BCUT2D eigenvalue weighted by Gasteiger charge is 2.06. The number of aliphatic carboxylic acids is 1. The average molecular weight is 153 g/mol. The zero-order chi connectivity index (χ0) is 8.43. The van der Waals surface area contributed by atoms with Crippen LogP contribution in [0.15, 0.2) is 6.20 Å². The summed E-state index contributed by atoms with van der Waals surface area (Å²) in [5, 5.41) is 8.49. The summed E-state index contributed by atoms with van der Waals surface area (Å²) in [5.74, 6) is -0.785. The van der Waals surface area contributed by atoms with E-state index in [1.165, 1.54) is 0 Å². The quantitative estimate of drug-likeness (QED) is 0.672. The highest BCUT2D eigenvalue weighted by Crippen LogP contribution is 2.11. The Labute approximate surface area is 65.1 Å². The molecule has 1 rings (SSSR count). The summed E-state index contributed by atoms with van der Waals surface area (Å²) in [6, 6.07) is 0. The highest BCUT2D eigenvalue weighted by molar-refractivity contribution is 5.70. The van der Waals surface area contributed by atoms with Gasteiger partial charge in [-0.15, -0.1) is 0 Å². The van der Waals surface area contributed by atoms with Gasteiger partial charge in [-0.1, -0.05) is 0 Å². The second-order valence-electron chi connectivity index (χ2n) is 2.63. The Morgan fingerprint density at radius 1 is 1.64 bits per heavy atom. The molecule has 3 nitrogen and oxygen atoms in total. The van der Waals surface area contributed by atoms with Gasteiger partial charge in [0, 0.05) is 11.9 Å². The number of aryl methyl sites for hydroxylation is 1. The molecule has 60 valence electrons. The lowest BCUT2D eigenvalue weighted by molar-refractivity contribution is -0.136. The van der Waals surface area contributed by atoms with Gasteiger partial charge in [0.25, 0.3) is 0 Å². The molecule has 0 spiro atoms. The molecule has 0 aromatic carbocycles. The number of rotatable bonds is 2. The van der Waals surface area contributed by atoms with Gasteiger partial charge in [0.05, 0.1) is 6.42 Å². The summed E-state index contributed by atoms with van der Waals surface area (Å²) in [6.45, 7) is 3.85. The maximum atomic E-state index is 10.3. The van der Waals surface area contributed by atoms with E-state index in [-0.39, 0.29) is 6.42 Å². The first kappa shape index (κ1) is 7.85. The van der Waals surface area contributed by atoms with Crippen LogP contribution >= 0.6 is 0 Å². The standard InChI is InChI=1S/C8H11NO2/c1-5-6(2)9-4-7(5)3-8(10)11/h4,9H,3H2,1-2H3,(H,10,11). The van der Waals surface area contributed by atoms with Gasteiger partial charge in [0.2, 0.25) is 0 Å². The summed E-state index contributed by atoms with van der Waals surface area (Å²) in [5.41, 5.74) is 2.96. The van der Waals surface area contributed by atoms with Crippen molar-refractivity contribution in [1.29, 1.82) is 0 Å². The molecule has 0 aliphatic carbocycles. The lowest BCUT2D eigenvalue weighted by Gasteiger charge is -1.93. The van der Waals surface area contributed by atoms with Crippen molar-refractivity contribution >= 4 is 5.97 Å². The molecule has 11 heavy (non-hydrogen) atoms. The second kappa shape index (κ2) is 2.78. The molecular weight excluding hydrogens is 142 g/mol. The maximum absolute atomic E-state index is 10.3. The topological polar surface area (TPSA) is 53.1 Å². The summed E-state index contributed by atoms with van der Waals surface area (Å²) in [6.07, 6.45) is 1.86. The smallest absolute Gasteiger partial charge is 0.307 e. The largest absolute Gasteiger partial charge is 0.481 e. The van der Waals surface area contributed by atoms with E-state index in [1.807, 2.05) is 13.8 Å².